The second kappa shape index (κ2) is 8.41. The van der Waals surface area contributed by atoms with Gasteiger partial charge in [0, 0.05) is 18.7 Å². The molecule has 1 aliphatic heterocycles. The van der Waals surface area contributed by atoms with Crippen molar-refractivity contribution in [2.75, 3.05) is 19.6 Å². The first kappa shape index (κ1) is 19.9. The van der Waals surface area contributed by atoms with Crippen molar-refractivity contribution >= 4 is 23.8 Å². The summed E-state index contributed by atoms with van der Waals surface area (Å²) in [6, 6.07) is 6.78. The molecule has 1 spiro atoms. The van der Waals surface area contributed by atoms with Gasteiger partial charge in [-0.15, -0.1) is 0 Å². The van der Waals surface area contributed by atoms with Gasteiger partial charge < -0.3 is 16.0 Å². The van der Waals surface area contributed by atoms with Gasteiger partial charge in [0.1, 0.15) is 5.54 Å². The fraction of sp³-hybridized carbons (Fsp3) is 0.500. The smallest absolute Gasteiger partial charge is 0.325 e. The predicted molar refractivity (Wildman–Crippen MR) is 103 cm³/mol. The lowest BCUT2D eigenvalue weighted by atomic mass is 9.98. The zero-order valence-corrected chi connectivity index (χ0v) is 16.0. The highest BCUT2D eigenvalue weighted by Crippen LogP contribution is 2.34. The SMILES string of the molecule is Cc1cccc(C(=O)NCC(=O)NCCCN2C(=O)NC3(CCCC3)C2=O)c1. The van der Waals surface area contributed by atoms with Gasteiger partial charge in [-0.25, -0.2) is 4.79 Å². The Hall–Kier alpha value is -2.90. The lowest BCUT2D eigenvalue weighted by Gasteiger charge is -2.20. The van der Waals surface area contributed by atoms with Gasteiger partial charge in [0.25, 0.3) is 11.8 Å². The van der Waals surface area contributed by atoms with Crippen molar-refractivity contribution in [3.8, 4) is 0 Å². The van der Waals surface area contributed by atoms with Gasteiger partial charge in [0.15, 0.2) is 0 Å². The van der Waals surface area contributed by atoms with Crippen molar-refractivity contribution in [3.05, 3.63) is 35.4 Å². The van der Waals surface area contributed by atoms with Gasteiger partial charge in [-0.05, 0) is 38.3 Å². The molecule has 0 bridgehead atoms. The number of benzene rings is 1. The van der Waals surface area contributed by atoms with Crippen LogP contribution in [0.4, 0.5) is 4.79 Å². The minimum Gasteiger partial charge on any atom is -0.355 e. The van der Waals surface area contributed by atoms with E-state index in [1.807, 2.05) is 13.0 Å². The number of rotatable bonds is 7. The largest absolute Gasteiger partial charge is 0.355 e. The summed E-state index contributed by atoms with van der Waals surface area (Å²) >= 11 is 0. The molecule has 2 aliphatic rings. The van der Waals surface area contributed by atoms with Gasteiger partial charge in [-0.1, -0.05) is 30.5 Å². The number of nitrogens with zero attached hydrogens (tertiary/aromatic N) is 1. The number of urea groups is 1. The average Bonchev–Trinajstić information content (AvgIpc) is 3.23. The van der Waals surface area contributed by atoms with Crippen LogP contribution >= 0.6 is 0 Å². The van der Waals surface area contributed by atoms with Crippen LogP contribution in [0, 0.1) is 6.92 Å². The first-order valence-electron chi connectivity index (χ1n) is 9.67. The lowest BCUT2D eigenvalue weighted by molar-refractivity contribution is -0.131. The second-order valence-electron chi connectivity index (χ2n) is 7.43. The maximum absolute atomic E-state index is 12.5. The van der Waals surface area contributed by atoms with E-state index >= 15 is 0 Å². The standard InChI is InChI=1S/C20H26N4O4/c1-14-6-4-7-15(12-14)17(26)22-13-16(25)21-10-5-11-24-18(27)20(23-19(24)28)8-2-3-9-20/h4,6-7,12H,2-3,5,8-11,13H2,1H3,(H,21,25)(H,22,26)(H,23,28). The van der Waals surface area contributed by atoms with Crippen molar-refractivity contribution in [1.29, 1.82) is 0 Å². The Bertz CT molecular complexity index is 786. The fourth-order valence-electron chi connectivity index (χ4n) is 3.77. The number of imide groups is 1. The molecule has 28 heavy (non-hydrogen) atoms. The summed E-state index contributed by atoms with van der Waals surface area (Å²) in [4.78, 5) is 49.7. The zero-order chi connectivity index (χ0) is 20.1. The molecule has 0 atom stereocenters. The molecule has 0 aromatic heterocycles. The van der Waals surface area contributed by atoms with Crippen molar-refractivity contribution in [2.24, 2.45) is 0 Å². The van der Waals surface area contributed by atoms with Crippen LogP contribution in [0.2, 0.25) is 0 Å². The lowest BCUT2D eigenvalue weighted by Crippen LogP contribution is -2.44. The summed E-state index contributed by atoms with van der Waals surface area (Å²) in [5.74, 6) is -0.766. The molecule has 1 saturated carbocycles. The van der Waals surface area contributed by atoms with Crippen LogP contribution < -0.4 is 16.0 Å². The highest BCUT2D eigenvalue weighted by atomic mass is 16.2. The summed E-state index contributed by atoms with van der Waals surface area (Å²) in [7, 11) is 0. The first-order chi connectivity index (χ1) is 13.4. The molecule has 3 rings (SSSR count). The van der Waals surface area contributed by atoms with Crippen LogP contribution in [0.25, 0.3) is 0 Å². The Morgan fingerprint density at radius 2 is 1.93 bits per heavy atom. The van der Waals surface area contributed by atoms with Crippen LogP contribution in [0.1, 0.15) is 48.0 Å². The summed E-state index contributed by atoms with van der Waals surface area (Å²) in [6.45, 7) is 2.36. The van der Waals surface area contributed by atoms with Crippen molar-refractivity contribution in [3.63, 3.8) is 0 Å². The molecule has 1 aromatic rings. The van der Waals surface area contributed by atoms with Gasteiger partial charge in [-0.2, -0.15) is 0 Å². The van der Waals surface area contributed by atoms with Crippen molar-refractivity contribution in [2.45, 2.75) is 44.6 Å². The summed E-state index contributed by atoms with van der Waals surface area (Å²) < 4.78 is 0. The number of carbonyl (C=O) groups is 4. The Kier molecular flexibility index (Phi) is 5.96. The molecule has 0 radical (unpaired) electrons. The third kappa shape index (κ3) is 4.32. The molecular formula is C20H26N4O4. The highest BCUT2D eigenvalue weighted by Gasteiger charge is 2.51. The van der Waals surface area contributed by atoms with E-state index < -0.39 is 5.54 Å². The highest BCUT2D eigenvalue weighted by molar-refractivity contribution is 6.07. The van der Waals surface area contributed by atoms with E-state index in [0.29, 0.717) is 31.4 Å². The molecule has 1 saturated heterocycles. The van der Waals surface area contributed by atoms with Crippen LogP contribution in [0.5, 0.6) is 0 Å². The fourth-order valence-corrected chi connectivity index (χ4v) is 3.77. The predicted octanol–water partition coefficient (Wildman–Crippen LogP) is 1.10. The summed E-state index contributed by atoms with van der Waals surface area (Å²) in [5, 5.41) is 8.10. The third-order valence-electron chi connectivity index (χ3n) is 5.27. The van der Waals surface area contributed by atoms with Gasteiger partial charge in [0.2, 0.25) is 5.91 Å². The Labute approximate surface area is 164 Å². The number of aryl methyl sites for hydroxylation is 1. The molecule has 1 heterocycles. The zero-order valence-electron chi connectivity index (χ0n) is 16.0. The maximum Gasteiger partial charge on any atom is 0.325 e. The Morgan fingerprint density at radius 3 is 2.64 bits per heavy atom. The number of carbonyl (C=O) groups excluding carboxylic acids is 4. The number of nitrogens with one attached hydrogen (secondary N) is 3. The van der Waals surface area contributed by atoms with Crippen LogP contribution in [0.3, 0.4) is 0 Å². The van der Waals surface area contributed by atoms with Crippen molar-refractivity contribution in [1.82, 2.24) is 20.9 Å². The maximum atomic E-state index is 12.5. The van der Waals surface area contributed by atoms with E-state index in [-0.39, 0.29) is 36.8 Å². The molecule has 2 fully saturated rings. The molecular weight excluding hydrogens is 360 g/mol. The van der Waals surface area contributed by atoms with Crippen LogP contribution in [0.15, 0.2) is 24.3 Å². The average molecular weight is 386 g/mol. The molecule has 150 valence electrons. The van der Waals surface area contributed by atoms with E-state index in [9.17, 15) is 19.2 Å². The van der Waals surface area contributed by atoms with E-state index in [1.165, 1.54) is 4.90 Å². The molecule has 1 aromatic carbocycles. The molecule has 0 unspecified atom stereocenters. The second-order valence-corrected chi connectivity index (χ2v) is 7.43. The Morgan fingerprint density at radius 1 is 1.18 bits per heavy atom. The normalized spacial score (nSPS) is 17.7. The van der Waals surface area contributed by atoms with E-state index in [2.05, 4.69) is 16.0 Å². The topological polar surface area (TPSA) is 108 Å². The third-order valence-corrected chi connectivity index (χ3v) is 5.27. The van der Waals surface area contributed by atoms with E-state index in [4.69, 9.17) is 0 Å². The van der Waals surface area contributed by atoms with Gasteiger partial charge in [-0.3, -0.25) is 19.3 Å². The number of hydrogen-bond acceptors (Lipinski definition) is 4. The minimum absolute atomic E-state index is 0.126. The molecule has 3 N–H and O–H groups in total. The number of amides is 5. The van der Waals surface area contributed by atoms with Gasteiger partial charge >= 0.3 is 6.03 Å². The molecule has 1 aliphatic carbocycles. The van der Waals surface area contributed by atoms with Crippen molar-refractivity contribution < 1.29 is 19.2 Å². The first-order valence-corrected chi connectivity index (χ1v) is 9.67. The summed E-state index contributed by atoms with van der Waals surface area (Å²) in [6.07, 6.45) is 3.76. The van der Waals surface area contributed by atoms with Crippen LogP contribution in [-0.4, -0.2) is 53.8 Å². The number of hydrogen-bond donors (Lipinski definition) is 3. The Balaban J connectivity index is 1.36. The molecule has 5 amide bonds. The van der Waals surface area contributed by atoms with Gasteiger partial charge in [0.05, 0.1) is 6.54 Å². The van der Waals surface area contributed by atoms with Crippen LogP contribution in [-0.2, 0) is 9.59 Å². The molecule has 8 heteroatoms. The quantitative estimate of drug-likeness (QED) is 0.482. The molecule has 8 nitrogen and oxygen atoms in total. The van der Waals surface area contributed by atoms with E-state index in [0.717, 1.165) is 18.4 Å². The monoisotopic (exact) mass is 386 g/mol. The minimum atomic E-state index is -0.694. The summed E-state index contributed by atoms with van der Waals surface area (Å²) in [5.41, 5.74) is 0.782. The van der Waals surface area contributed by atoms with E-state index in [1.54, 1.807) is 18.2 Å².